The Hall–Kier alpha value is -14.2. The smallest absolute Gasteiger partial charge is 0.253 e. The first-order chi connectivity index (χ1) is 58.6. The SMILES string of the molecule is [2H]C([2H])([2H])c1cccc2c1oc1c3ccccc3c3c(c21)N(c1ccccc1)c1cccc2c1B3c1c(c3c4cccc(C)c4oc3c3ccccc13)N2c1ccccc1.[2H]C([2H])([2H])c1cccc2c1oc1c3ccccc3cc(N(c3ccccc3)c3cccc(N(c4ccccc4)c4cc5ccccc5c5oc6c(C)cccc6c45)c3Cl)c21. The molecule has 114 heavy (non-hydrogen) atoms. The highest BCUT2D eigenvalue weighted by molar-refractivity contribution is 7.03. The lowest BCUT2D eigenvalue weighted by molar-refractivity contribution is 0.669. The summed E-state index contributed by atoms with van der Waals surface area (Å²) in [5, 5.41) is 15.9. The number of aryl methyl sites for hydroxylation is 4. The van der Waals surface area contributed by atoms with E-state index in [1.54, 1.807) is 18.2 Å². The van der Waals surface area contributed by atoms with Crippen molar-refractivity contribution in [3.05, 3.63) is 367 Å². The van der Waals surface area contributed by atoms with Crippen molar-refractivity contribution < 1.29 is 25.9 Å². The largest absolute Gasteiger partial charge is 0.455 e. The summed E-state index contributed by atoms with van der Waals surface area (Å²) in [7, 11) is 0. The van der Waals surface area contributed by atoms with Crippen LogP contribution in [0.5, 0.6) is 0 Å². The molecule has 4 aromatic heterocycles. The Morgan fingerprint density at radius 1 is 0.281 bits per heavy atom. The molecule has 0 unspecified atom stereocenters. The van der Waals surface area contributed by atoms with Crippen LogP contribution < -0.4 is 36.0 Å². The zero-order chi connectivity index (χ0) is 80.7. The van der Waals surface area contributed by atoms with Crippen LogP contribution in [0.3, 0.4) is 0 Å². The van der Waals surface area contributed by atoms with E-state index in [9.17, 15) is 0 Å². The van der Waals surface area contributed by atoms with Crippen LogP contribution in [-0.2, 0) is 0 Å². The lowest BCUT2D eigenvalue weighted by atomic mass is 9.32. The molecule has 6 heterocycles. The molecule has 0 N–H and O–H groups in total. The van der Waals surface area contributed by atoms with Gasteiger partial charge in [-0.15, -0.1) is 0 Å². The van der Waals surface area contributed by atoms with Crippen molar-refractivity contribution in [1.29, 1.82) is 0 Å². The van der Waals surface area contributed by atoms with E-state index < -0.39 is 13.7 Å². The number of benzene rings is 18. The second-order valence-corrected chi connectivity index (χ2v) is 30.2. The molecular weight excluding hydrogens is 1420 g/mol. The number of furan rings is 4. The molecule has 0 atom stereocenters. The van der Waals surface area contributed by atoms with E-state index in [0.29, 0.717) is 32.7 Å². The van der Waals surface area contributed by atoms with Crippen molar-refractivity contribution >= 4 is 234 Å². The van der Waals surface area contributed by atoms with E-state index in [2.05, 4.69) is 252 Å². The van der Waals surface area contributed by atoms with Crippen molar-refractivity contribution in [2.24, 2.45) is 0 Å². The highest BCUT2D eigenvalue weighted by Gasteiger charge is 2.48. The van der Waals surface area contributed by atoms with Gasteiger partial charge in [0.15, 0.2) is 0 Å². The standard InChI is InChI=1S/C52H33BN2O2.C52H35ClN2O2/c1-30-16-13-26-38-42-47-44(34-22-9-11-24-36(34)51(42)56-49(30)38)53-45-35-23-10-12-25-37(35)52-43(39-27-14-17-31(2)50(39)57-52)48(45)55(33-20-7-4-8-21-33)41-29-15-28-40(46(41)53)54(47)32-18-5-3-6-19-32;1-32-16-13-26-40-46-44(30-34-18-9-11-24-38(34)51(46)56-49(32)40)54(36-20-5-3-6-21-36)42-28-15-29-43(48(42)53)55(37-22-7-4-8-23-37)45-31-35-19-10-12-25-39(35)52-47(45)41-27-14-17-33(2)50(41)57-52/h3-29H,1-2H3;3-31H,1-2H3/i2*1D3. The Bertz CT molecular complexity index is 8050. The van der Waals surface area contributed by atoms with Gasteiger partial charge in [-0.25, -0.2) is 0 Å². The van der Waals surface area contributed by atoms with E-state index in [-0.39, 0.29) is 17.8 Å². The molecule has 0 saturated carbocycles. The molecule has 0 amide bonds. The second kappa shape index (κ2) is 25.4. The van der Waals surface area contributed by atoms with Crippen LogP contribution in [0.15, 0.2) is 357 Å². The first-order valence-corrected chi connectivity index (χ1v) is 38.8. The molecule has 0 aliphatic carbocycles. The number of halogens is 1. The number of para-hydroxylation sites is 8. The Labute approximate surface area is 669 Å². The van der Waals surface area contributed by atoms with Gasteiger partial charge < -0.3 is 37.3 Å². The summed E-state index contributed by atoms with van der Waals surface area (Å²) in [5.74, 6) is 0. The van der Waals surface area contributed by atoms with Crippen LogP contribution >= 0.6 is 11.6 Å². The molecule has 10 heteroatoms. The van der Waals surface area contributed by atoms with E-state index in [1.165, 1.54) is 10.9 Å². The molecule has 2 aliphatic rings. The highest BCUT2D eigenvalue weighted by Crippen LogP contribution is 2.56. The molecule has 0 saturated heterocycles. The number of anilines is 12. The van der Waals surface area contributed by atoms with Crippen molar-refractivity contribution in [2.75, 3.05) is 19.6 Å². The van der Waals surface area contributed by atoms with Crippen LogP contribution in [-0.4, -0.2) is 6.71 Å². The first-order valence-electron chi connectivity index (χ1n) is 41.4. The molecule has 0 radical (unpaired) electrons. The van der Waals surface area contributed by atoms with Crippen LogP contribution in [0.1, 0.15) is 30.5 Å². The summed E-state index contributed by atoms with van der Waals surface area (Å²) in [4.78, 5) is 9.24. The van der Waals surface area contributed by atoms with Crippen LogP contribution in [0, 0.1) is 27.6 Å². The zero-order valence-electron chi connectivity index (χ0n) is 67.7. The predicted octanol–water partition coefficient (Wildman–Crippen LogP) is 28.5. The summed E-state index contributed by atoms with van der Waals surface area (Å²) in [6.45, 7) is -0.806. The average molecular weight is 1490 g/mol. The Kier molecular flexibility index (Phi) is 13.3. The Balaban J connectivity index is 0.000000140. The molecule has 24 rings (SSSR count). The fraction of sp³-hybridized carbons (Fsp3) is 0.0385. The van der Waals surface area contributed by atoms with Crippen LogP contribution in [0.4, 0.5) is 68.2 Å². The monoisotopic (exact) mass is 1490 g/mol. The summed E-state index contributed by atoms with van der Waals surface area (Å²) in [5.41, 5.74) is 22.8. The van der Waals surface area contributed by atoms with E-state index in [1.807, 2.05) is 103 Å². The summed E-state index contributed by atoms with van der Waals surface area (Å²) in [6, 6.07) is 116. The molecule has 538 valence electrons. The highest BCUT2D eigenvalue weighted by atomic mass is 35.5. The first kappa shape index (κ1) is 59.6. The quantitative estimate of drug-likeness (QED) is 0.139. The third-order valence-corrected chi connectivity index (χ3v) is 23.9. The molecule has 2 aliphatic heterocycles. The van der Waals surface area contributed by atoms with E-state index in [4.69, 9.17) is 37.5 Å². The van der Waals surface area contributed by atoms with Gasteiger partial charge in [-0.3, -0.25) is 0 Å². The minimum Gasteiger partial charge on any atom is -0.455 e. The lowest BCUT2D eigenvalue weighted by Crippen LogP contribution is -2.61. The van der Waals surface area contributed by atoms with Gasteiger partial charge in [-0.1, -0.05) is 266 Å². The maximum absolute atomic E-state index is 8.57. The van der Waals surface area contributed by atoms with Crippen LogP contribution in [0.2, 0.25) is 5.02 Å². The normalized spacial score (nSPS) is 13.6. The number of fused-ring (bicyclic) bond motifs is 28. The number of rotatable bonds is 8. The van der Waals surface area contributed by atoms with Gasteiger partial charge in [-0.2, -0.15) is 0 Å². The zero-order valence-corrected chi connectivity index (χ0v) is 62.5. The third kappa shape index (κ3) is 9.54. The van der Waals surface area contributed by atoms with E-state index >= 15 is 0 Å². The molecule has 0 spiro atoms. The summed E-state index contributed by atoms with van der Waals surface area (Å²) < 4.78 is 78.3. The topological polar surface area (TPSA) is 65.5 Å². The predicted molar refractivity (Wildman–Crippen MR) is 479 cm³/mol. The number of hydrogen-bond donors (Lipinski definition) is 0. The molecular formula is C104H68BClN4O4. The van der Waals surface area contributed by atoms with Gasteiger partial charge >= 0.3 is 0 Å². The summed E-state index contributed by atoms with van der Waals surface area (Å²) in [6.07, 6.45) is 0. The molecule has 0 bridgehead atoms. The molecule has 22 aromatic rings. The maximum atomic E-state index is 8.57. The Morgan fingerprint density at radius 3 is 1.01 bits per heavy atom. The minimum atomic E-state index is -2.38. The van der Waals surface area contributed by atoms with Gasteiger partial charge in [0.25, 0.3) is 6.71 Å². The molecule has 8 nitrogen and oxygen atoms in total. The fourth-order valence-electron chi connectivity index (χ4n) is 18.8. The maximum Gasteiger partial charge on any atom is 0.253 e. The van der Waals surface area contributed by atoms with Gasteiger partial charge in [0, 0.05) is 85.4 Å². The van der Waals surface area contributed by atoms with Crippen LogP contribution in [0.25, 0.3) is 131 Å². The fourth-order valence-corrected chi connectivity index (χ4v) is 19.1. The summed E-state index contributed by atoms with van der Waals surface area (Å²) >= 11 is 7.93. The van der Waals surface area contributed by atoms with Gasteiger partial charge in [0.1, 0.15) is 44.7 Å². The lowest BCUT2D eigenvalue weighted by Gasteiger charge is -2.45. The second-order valence-electron chi connectivity index (χ2n) is 29.8. The Morgan fingerprint density at radius 2 is 0.596 bits per heavy atom. The number of hydrogen-bond acceptors (Lipinski definition) is 8. The van der Waals surface area contributed by atoms with Crippen molar-refractivity contribution in [3.8, 4) is 0 Å². The van der Waals surface area contributed by atoms with Crippen molar-refractivity contribution in [2.45, 2.75) is 27.6 Å². The average Bonchev–Trinajstić information content (AvgIpc) is 1.20. The van der Waals surface area contributed by atoms with E-state index in [0.717, 1.165) is 188 Å². The van der Waals surface area contributed by atoms with Gasteiger partial charge in [-0.05, 0) is 173 Å². The molecule has 0 fully saturated rings. The van der Waals surface area contributed by atoms with Gasteiger partial charge in [0.05, 0.1) is 60.7 Å². The van der Waals surface area contributed by atoms with Crippen molar-refractivity contribution in [3.63, 3.8) is 0 Å². The van der Waals surface area contributed by atoms with Gasteiger partial charge in [0.2, 0.25) is 0 Å². The number of nitrogens with zero attached hydrogens (tertiary/aromatic N) is 4. The third-order valence-electron chi connectivity index (χ3n) is 23.5. The molecule has 18 aromatic carbocycles. The minimum absolute atomic E-state index is 0.166. The van der Waals surface area contributed by atoms with Crippen molar-refractivity contribution in [1.82, 2.24) is 0 Å².